The molecular formula is C11H19N5. The first kappa shape index (κ1) is 11.3. The van der Waals surface area contributed by atoms with Gasteiger partial charge in [-0.3, -0.25) is 4.90 Å². The second-order valence-electron chi connectivity index (χ2n) is 4.15. The Morgan fingerprint density at radius 1 is 1.19 bits per heavy atom. The number of hydrogen-bond acceptors (Lipinski definition) is 5. The molecule has 2 heterocycles. The second kappa shape index (κ2) is 5.23. The summed E-state index contributed by atoms with van der Waals surface area (Å²) in [6.07, 6.45) is 0. The van der Waals surface area contributed by atoms with Crippen LogP contribution in [0.15, 0.2) is 12.1 Å². The monoisotopic (exact) mass is 221 g/mol. The Kier molecular flexibility index (Phi) is 3.69. The third kappa shape index (κ3) is 2.68. The van der Waals surface area contributed by atoms with Gasteiger partial charge in [-0.05, 0) is 19.1 Å². The predicted octanol–water partition coefficient (Wildman–Crippen LogP) is -0.134. The van der Waals surface area contributed by atoms with Crippen LogP contribution in [0.4, 0.5) is 5.82 Å². The van der Waals surface area contributed by atoms with Crippen molar-refractivity contribution in [2.75, 3.05) is 44.2 Å². The van der Waals surface area contributed by atoms with E-state index in [4.69, 9.17) is 5.73 Å². The van der Waals surface area contributed by atoms with E-state index in [-0.39, 0.29) is 0 Å². The molecule has 2 rings (SSSR count). The van der Waals surface area contributed by atoms with Gasteiger partial charge in [0, 0.05) is 39.3 Å². The molecule has 0 atom stereocenters. The summed E-state index contributed by atoms with van der Waals surface area (Å²) in [6, 6.07) is 4.05. The zero-order valence-electron chi connectivity index (χ0n) is 9.76. The van der Waals surface area contributed by atoms with Crippen LogP contribution in [0.2, 0.25) is 0 Å². The standard InChI is InChI=1S/C11H19N5/c1-10-2-3-11(14-13-10)16-8-6-15(5-4-12)7-9-16/h2-3H,4-9,12H2,1H3. The highest BCUT2D eigenvalue weighted by atomic mass is 15.3. The molecule has 1 aliphatic heterocycles. The first-order valence-electron chi connectivity index (χ1n) is 5.77. The summed E-state index contributed by atoms with van der Waals surface area (Å²) in [4.78, 5) is 4.66. The molecule has 0 radical (unpaired) electrons. The maximum absolute atomic E-state index is 5.54. The first-order valence-corrected chi connectivity index (χ1v) is 5.77. The fourth-order valence-electron chi connectivity index (χ4n) is 1.94. The van der Waals surface area contributed by atoms with Gasteiger partial charge in [0.2, 0.25) is 0 Å². The van der Waals surface area contributed by atoms with Gasteiger partial charge in [-0.25, -0.2) is 0 Å². The van der Waals surface area contributed by atoms with Crippen LogP contribution >= 0.6 is 0 Å². The zero-order chi connectivity index (χ0) is 11.4. The number of piperazine rings is 1. The minimum Gasteiger partial charge on any atom is -0.353 e. The third-order valence-electron chi connectivity index (χ3n) is 2.93. The highest BCUT2D eigenvalue weighted by Crippen LogP contribution is 2.12. The molecule has 88 valence electrons. The minimum absolute atomic E-state index is 0.740. The van der Waals surface area contributed by atoms with Crippen molar-refractivity contribution in [3.8, 4) is 0 Å². The lowest BCUT2D eigenvalue weighted by Gasteiger charge is -2.34. The van der Waals surface area contributed by atoms with E-state index in [0.717, 1.165) is 50.8 Å². The summed E-state index contributed by atoms with van der Waals surface area (Å²) in [5.74, 6) is 0.984. The molecule has 0 unspecified atom stereocenters. The van der Waals surface area contributed by atoms with Gasteiger partial charge in [-0.15, -0.1) is 5.10 Å². The third-order valence-corrected chi connectivity index (χ3v) is 2.93. The summed E-state index contributed by atoms with van der Waals surface area (Å²) >= 11 is 0. The number of anilines is 1. The van der Waals surface area contributed by atoms with Crippen molar-refractivity contribution in [2.45, 2.75) is 6.92 Å². The molecule has 5 nitrogen and oxygen atoms in total. The summed E-state index contributed by atoms with van der Waals surface area (Å²) in [6.45, 7) is 7.84. The molecule has 0 spiro atoms. The molecule has 0 aromatic carbocycles. The van der Waals surface area contributed by atoms with Gasteiger partial charge in [0.15, 0.2) is 5.82 Å². The van der Waals surface area contributed by atoms with Crippen molar-refractivity contribution in [2.24, 2.45) is 5.73 Å². The van der Waals surface area contributed by atoms with Crippen molar-refractivity contribution >= 4 is 5.82 Å². The number of hydrogen-bond donors (Lipinski definition) is 1. The van der Waals surface area contributed by atoms with E-state index in [2.05, 4.69) is 20.0 Å². The Morgan fingerprint density at radius 3 is 2.50 bits per heavy atom. The van der Waals surface area contributed by atoms with E-state index in [0.29, 0.717) is 0 Å². The van der Waals surface area contributed by atoms with Gasteiger partial charge in [-0.2, -0.15) is 5.10 Å². The predicted molar refractivity (Wildman–Crippen MR) is 64.5 cm³/mol. The largest absolute Gasteiger partial charge is 0.353 e. The minimum atomic E-state index is 0.740. The number of aromatic nitrogens is 2. The van der Waals surface area contributed by atoms with Gasteiger partial charge in [-0.1, -0.05) is 0 Å². The summed E-state index contributed by atoms with van der Waals surface area (Å²) < 4.78 is 0. The lowest BCUT2D eigenvalue weighted by Crippen LogP contribution is -2.48. The molecule has 1 aromatic heterocycles. The molecule has 1 fully saturated rings. The van der Waals surface area contributed by atoms with E-state index < -0.39 is 0 Å². The first-order chi connectivity index (χ1) is 7.79. The molecule has 0 bridgehead atoms. The molecule has 16 heavy (non-hydrogen) atoms. The van der Waals surface area contributed by atoms with Gasteiger partial charge >= 0.3 is 0 Å². The Labute approximate surface area is 96.2 Å². The summed E-state index contributed by atoms with van der Waals surface area (Å²) in [5, 5.41) is 8.29. The van der Waals surface area contributed by atoms with E-state index >= 15 is 0 Å². The molecule has 0 saturated carbocycles. The van der Waals surface area contributed by atoms with Crippen LogP contribution in [-0.2, 0) is 0 Å². The van der Waals surface area contributed by atoms with E-state index in [1.807, 2.05) is 19.1 Å². The van der Waals surface area contributed by atoms with Crippen molar-refractivity contribution in [3.05, 3.63) is 17.8 Å². The Balaban J connectivity index is 1.91. The normalized spacial score (nSPS) is 17.8. The zero-order valence-corrected chi connectivity index (χ0v) is 9.76. The second-order valence-corrected chi connectivity index (χ2v) is 4.15. The lowest BCUT2D eigenvalue weighted by atomic mass is 10.3. The number of rotatable bonds is 3. The van der Waals surface area contributed by atoms with Crippen molar-refractivity contribution < 1.29 is 0 Å². The molecule has 1 aliphatic rings. The molecule has 2 N–H and O–H groups in total. The number of aryl methyl sites for hydroxylation is 1. The van der Waals surface area contributed by atoms with Crippen molar-refractivity contribution in [1.82, 2.24) is 15.1 Å². The highest BCUT2D eigenvalue weighted by molar-refractivity contribution is 5.37. The Hall–Kier alpha value is -1.20. The van der Waals surface area contributed by atoms with Gasteiger partial charge in [0.1, 0.15) is 0 Å². The van der Waals surface area contributed by atoms with Crippen LogP contribution in [-0.4, -0.2) is 54.4 Å². The van der Waals surface area contributed by atoms with Crippen LogP contribution in [0, 0.1) is 6.92 Å². The maximum atomic E-state index is 5.54. The Morgan fingerprint density at radius 2 is 1.94 bits per heavy atom. The lowest BCUT2D eigenvalue weighted by molar-refractivity contribution is 0.264. The highest BCUT2D eigenvalue weighted by Gasteiger charge is 2.17. The summed E-state index contributed by atoms with van der Waals surface area (Å²) in [7, 11) is 0. The van der Waals surface area contributed by atoms with Crippen molar-refractivity contribution in [1.29, 1.82) is 0 Å². The molecule has 5 heteroatoms. The molecule has 0 aliphatic carbocycles. The van der Waals surface area contributed by atoms with Crippen LogP contribution in [0.1, 0.15) is 5.69 Å². The average molecular weight is 221 g/mol. The van der Waals surface area contributed by atoms with Crippen LogP contribution in [0.5, 0.6) is 0 Å². The average Bonchev–Trinajstić information content (AvgIpc) is 2.32. The quantitative estimate of drug-likeness (QED) is 0.770. The van der Waals surface area contributed by atoms with Crippen LogP contribution in [0.25, 0.3) is 0 Å². The summed E-state index contributed by atoms with van der Waals surface area (Å²) in [5.41, 5.74) is 6.51. The fourth-order valence-corrected chi connectivity index (χ4v) is 1.94. The topological polar surface area (TPSA) is 58.3 Å². The number of nitrogens with zero attached hydrogens (tertiary/aromatic N) is 4. The fraction of sp³-hybridized carbons (Fsp3) is 0.636. The molecule has 1 aromatic rings. The number of nitrogens with two attached hydrogens (primary N) is 1. The molecule has 1 saturated heterocycles. The van der Waals surface area contributed by atoms with Crippen LogP contribution in [0.3, 0.4) is 0 Å². The van der Waals surface area contributed by atoms with Crippen molar-refractivity contribution in [3.63, 3.8) is 0 Å². The van der Waals surface area contributed by atoms with E-state index in [1.165, 1.54) is 0 Å². The smallest absolute Gasteiger partial charge is 0.151 e. The Bertz CT molecular complexity index is 316. The van der Waals surface area contributed by atoms with Gasteiger partial charge in [0.25, 0.3) is 0 Å². The molecular weight excluding hydrogens is 202 g/mol. The maximum Gasteiger partial charge on any atom is 0.151 e. The SMILES string of the molecule is Cc1ccc(N2CCN(CCN)CC2)nn1. The van der Waals surface area contributed by atoms with E-state index in [1.54, 1.807) is 0 Å². The van der Waals surface area contributed by atoms with Gasteiger partial charge < -0.3 is 10.6 Å². The molecule has 0 amide bonds. The van der Waals surface area contributed by atoms with E-state index in [9.17, 15) is 0 Å². The van der Waals surface area contributed by atoms with Crippen LogP contribution < -0.4 is 10.6 Å². The van der Waals surface area contributed by atoms with Gasteiger partial charge in [0.05, 0.1) is 5.69 Å².